The Morgan fingerprint density at radius 1 is 1.67 bits per heavy atom. The molecular weight excluding hydrogens is 281 g/mol. The van der Waals surface area contributed by atoms with E-state index in [9.17, 15) is 0 Å². The third-order valence-electron chi connectivity index (χ3n) is 2.35. The first-order valence-corrected chi connectivity index (χ1v) is 5.80. The van der Waals surface area contributed by atoms with Gasteiger partial charge in [-0.3, -0.25) is 0 Å². The maximum atomic E-state index is 5.73. The Kier molecular flexibility index (Phi) is 3.13. The highest BCUT2D eigenvalue weighted by molar-refractivity contribution is 9.10. The molecule has 0 amide bonds. The van der Waals surface area contributed by atoms with E-state index in [0.717, 1.165) is 17.5 Å². The standard InChI is InChI=1S/C9H11BrClN3O/c1-9(2-3-15-5-9)14-7-6(10)4-12-8(11)13-7/h4H,2-3,5H2,1H3,(H,12,13,14). The van der Waals surface area contributed by atoms with E-state index >= 15 is 0 Å². The molecule has 1 N–H and O–H groups in total. The van der Waals surface area contributed by atoms with E-state index in [1.807, 2.05) is 0 Å². The molecule has 6 heteroatoms. The van der Waals surface area contributed by atoms with E-state index in [-0.39, 0.29) is 10.8 Å². The molecule has 15 heavy (non-hydrogen) atoms. The Morgan fingerprint density at radius 2 is 2.47 bits per heavy atom. The van der Waals surface area contributed by atoms with Gasteiger partial charge >= 0.3 is 0 Å². The molecule has 0 saturated carbocycles. The van der Waals surface area contributed by atoms with Crippen LogP contribution in [0.25, 0.3) is 0 Å². The van der Waals surface area contributed by atoms with E-state index in [1.54, 1.807) is 6.20 Å². The summed E-state index contributed by atoms with van der Waals surface area (Å²) >= 11 is 9.11. The lowest BCUT2D eigenvalue weighted by Gasteiger charge is -2.24. The minimum absolute atomic E-state index is 0.0692. The van der Waals surface area contributed by atoms with Crippen molar-refractivity contribution in [1.82, 2.24) is 9.97 Å². The van der Waals surface area contributed by atoms with E-state index in [1.165, 1.54) is 0 Å². The average Bonchev–Trinajstić information content (AvgIpc) is 2.59. The van der Waals surface area contributed by atoms with Crippen molar-refractivity contribution in [3.05, 3.63) is 16.0 Å². The number of aromatic nitrogens is 2. The Hall–Kier alpha value is -0.390. The first kappa shape index (κ1) is 11.1. The molecule has 1 atom stereocenters. The summed E-state index contributed by atoms with van der Waals surface area (Å²) in [5.41, 5.74) is -0.0692. The highest BCUT2D eigenvalue weighted by Crippen LogP contribution is 2.27. The van der Waals surface area contributed by atoms with Gasteiger partial charge in [-0.1, -0.05) is 0 Å². The number of anilines is 1. The Morgan fingerprint density at radius 3 is 3.13 bits per heavy atom. The van der Waals surface area contributed by atoms with Gasteiger partial charge in [0.1, 0.15) is 5.82 Å². The largest absolute Gasteiger partial charge is 0.379 e. The van der Waals surface area contributed by atoms with Crippen LogP contribution in [0, 0.1) is 0 Å². The molecule has 0 aromatic carbocycles. The molecule has 1 aliphatic heterocycles. The summed E-state index contributed by atoms with van der Waals surface area (Å²) in [6, 6.07) is 0. The summed E-state index contributed by atoms with van der Waals surface area (Å²) in [4.78, 5) is 8.00. The monoisotopic (exact) mass is 291 g/mol. The Balaban J connectivity index is 2.19. The SMILES string of the molecule is CC1(Nc2nc(Cl)ncc2Br)CCOC1. The third kappa shape index (κ3) is 2.59. The lowest BCUT2D eigenvalue weighted by atomic mass is 10.0. The summed E-state index contributed by atoms with van der Waals surface area (Å²) in [5.74, 6) is 0.711. The first-order chi connectivity index (χ1) is 7.09. The zero-order chi connectivity index (χ0) is 10.9. The second-order valence-corrected chi connectivity index (χ2v) is 5.02. The molecule has 0 aliphatic carbocycles. The summed E-state index contributed by atoms with van der Waals surface area (Å²) in [7, 11) is 0. The van der Waals surface area contributed by atoms with Gasteiger partial charge in [0.15, 0.2) is 0 Å². The van der Waals surface area contributed by atoms with Crippen molar-refractivity contribution in [1.29, 1.82) is 0 Å². The minimum Gasteiger partial charge on any atom is -0.379 e. The minimum atomic E-state index is -0.0692. The zero-order valence-corrected chi connectivity index (χ0v) is 10.6. The molecule has 82 valence electrons. The molecule has 2 heterocycles. The van der Waals surface area contributed by atoms with Crippen LogP contribution in [0.3, 0.4) is 0 Å². The van der Waals surface area contributed by atoms with Crippen LogP contribution in [0.15, 0.2) is 10.7 Å². The molecule has 0 spiro atoms. The predicted octanol–water partition coefficient (Wildman–Crippen LogP) is 2.48. The predicted molar refractivity (Wildman–Crippen MR) is 62.2 cm³/mol. The van der Waals surface area contributed by atoms with Crippen molar-refractivity contribution in [3.63, 3.8) is 0 Å². The highest BCUT2D eigenvalue weighted by atomic mass is 79.9. The molecular formula is C9H11BrClN3O. The molecule has 1 saturated heterocycles. The van der Waals surface area contributed by atoms with Crippen molar-refractivity contribution in [2.24, 2.45) is 0 Å². The first-order valence-electron chi connectivity index (χ1n) is 4.63. The van der Waals surface area contributed by atoms with Crippen LogP contribution in [0.1, 0.15) is 13.3 Å². The number of rotatable bonds is 2. The molecule has 1 aromatic heterocycles. The van der Waals surface area contributed by atoms with Gasteiger partial charge in [0.05, 0.1) is 16.6 Å². The number of nitrogens with one attached hydrogen (secondary N) is 1. The van der Waals surface area contributed by atoms with E-state index < -0.39 is 0 Å². The van der Waals surface area contributed by atoms with Gasteiger partial charge in [-0.05, 0) is 40.9 Å². The van der Waals surface area contributed by atoms with Gasteiger partial charge in [-0.25, -0.2) is 4.98 Å². The third-order valence-corrected chi connectivity index (χ3v) is 3.12. The van der Waals surface area contributed by atoms with Crippen molar-refractivity contribution in [2.75, 3.05) is 18.5 Å². The molecule has 2 rings (SSSR count). The van der Waals surface area contributed by atoms with Gasteiger partial charge in [0.25, 0.3) is 0 Å². The maximum Gasteiger partial charge on any atom is 0.224 e. The van der Waals surface area contributed by atoms with Crippen LogP contribution in [0.2, 0.25) is 5.28 Å². The molecule has 0 radical (unpaired) electrons. The van der Waals surface area contributed by atoms with Crippen LogP contribution in [-0.4, -0.2) is 28.7 Å². The average molecular weight is 293 g/mol. The van der Waals surface area contributed by atoms with E-state index in [0.29, 0.717) is 12.4 Å². The second-order valence-electron chi connectivity index (χ2n) is 3.82. The lowest BCUT2D eigenvalue weighted by molar-refractivity contribution is 0.185. The summed E-state index contributed by atoms with van der Waals surface area (Å²) in [6.07, 6.45) is 2.60. The van der Waals surface area contributed by atoms with Crippen LogP contribution < -0.4 is 5.32 Å². The van der Waals surface area contributed by atoms with Gasteiger partial charge in [0.2, 0.25) is 5.28 Å². The van der Waals surface area contributed by atoms with Crippen LogP contribution in [0.5, 0.6) is 0 Å². The van der Waals surface area contributed by atoms with E-state index in [4.69, 9.17) is 16.3 Å². The van der Waals surface area contributed by atoms with Crippen LogP contribution in [-0.2, 0) is 4.74 Å². The van der Waals surface area contributed by atoms with Crippen molar-refractivity contribution in [3.8, 4) is 0 Å². The fraction of sp³-hybridized carbons (Fsp3) is 0.556. The summed E-state index contributed by atoms with van der Waals surface area (Å²) in [5, 5.41) is 3.56. The number of ether oxygens (including phenoxy) is 1. The van der Waals surface area contributed by atoms with Gasteiger partial charge in [-0.15, -0.1) is 0 Å². The summed E-state index contributed by atoms with van der Waals surface area (Å²) < 4.78 is 6.15. The number of hydrogen-bond acceptors (Lipinski definition) is 4. The lowest BCUT2D eigenvalue weighted by Crippen LogP contribution is -2.35. The molecule has 1 unspecified atom stereocenters. The fourth-order valence-corrected chi connectivity index (χ4v) is 1.91. The molecule has 1 aliphatic rings. The molecule has 1 fully saturated rings. The van der Waals surface area contributed by atoms with Gasteiger partial charge in [-0.2, -0.15) is 4.98 Å². The quantitative estimate of drug-likeness (QED) is 0.851. The second kappa shape index (κ2) is 4.23. The van der Waals surface area contributed by atoms with Crippen LogP contribution >= 0.6 is 27.5 Å². The summed E-state index contributed by atoms with van der Waals surface area (Å²) in [6.45, 7) is 3.56. The van der Waals surface area contributed by atoms with Crippen molar-refractivity contribution in [2.45, 2.75) is 18.9 Å². The van der Waals surface area contributed by atoms with Crippen LogP contribution in [0.4, 0.5) is 5.82 Å². The van der Waals surface area contributed by atoms with E-state index in [2.05, 4.69) is 38.1 Å². The Bertz CT molecular complexity index is 368. The Labute approximate surface area is 102 Å². The highest BCUT2D eigenvalue weighted by Gasteiger charge is 2.30. The number of hydrogen-bond donors (Lipinski definition) is 1. The van der Waals surface area contributed by atoms with Gasteiger partial charge in [0, 0.05) is 12.8 Å². The molecule has 1 aromatic rings. The molecule has 4 nitrogen and oxygen atoms in total. The maximum absolute atomic E-state index is 5.73. The molecule has 0 bridgehead atoms. The normalized spacial score (nSPS) is 25.5. The van der Waals surface area contributed by atoms with Gasteiger partial charge < -0.3 is 10.1 Å². The van der Waals surface area contributed by atoms with Crippen molar-refractivity contribution < 1.29 is 4.74 Å². The number of halogens is 2. The smallest absolute Gasteiger partial charge is 0.224 e. The fourth-order valence-electron chi connectivity index (χ4n) is 1.48. The topological polar surface area (TPSA) is 47.0 Å². The van der Waals surface area contributed by atoms with Crippen molar-refractivity contribution >= 4 is 33.3 Å². The number of nitrogens with zero attached hydrogens (tertiary/aromatic N) is 2. The zero-order valence-electron chi connectivity index (χ0n) is 8.26.